The van der Waals surface area contributed by atoms with Crippen LogP contribution in [-0.2, 0) is 11.2 Å². The summed E-state index contributed by atoms with van der Waals surface area (Å²) in [6.45, 7) is 0. The Kier molecular flexibility index (Phi) is 3.48. The number of hydrogen-bond donors (Lipinski definition) is 1. The first-order valence-corrected chi connectivity index (χ1v) is 7.23. The maximum absolute atomic E-state index is 13.6. The summed E-state index contributed by atoms with van der Waals surface area (Å²) in [6, 6.07) is 4.76. The molecule has 2 aliphatic carbocycles. The fourth-order valence-corrected chi connectivity index (χ4v) is 3.68. The highest BCUT2D eigenvalue weighted by Crippen LogP contribution is 2.44. The first-order valence-electron chi connectivity index (χ1n) is 6.85. The monoisotopic (exact) mass is 281 g/mol. The van der Waals surface area contributed by atoms with Crippen LogP contribution in [-0.4, -0.2) is 11.9 Å². The normalized spacial score (nSPS) is 28.6. The van der Waals surface area contributed by atoms with Crippen LogP contribution in [0.15, 0.2) is 18.2 Å². The van der Waals surface area contributed by atoms with E-state index in [2.05, 4.69) is 5.32 Å². The van der Waals surface area contributed by atoms with Crippen molar-refractivity contribution in [2.75, 3.05) is 0 Å². The lowest BCUT2D eigenvalue weighted by Crippen LogP contribution is -2.39. The molecule has 0 aliphatic heterocycles. The van der Waals surface area contributed by atoms with E-state index in [9.17, 15) is 9.18 Å². The summed E-state index contributed by atoms with van der Waals surface area (Å²) < 4.78 is 13.6. The highest BCUT2D eigenvalue weighted by atomic mass is 35.5. The predicted molar refractivity (Wildman–Crippen MR) is 72.5 cm³/mol. The minimum Gasteiger partial charge on any atom is -0.353 e. The SMILES string of the molecule is O=C(Cc1ccc(Cl)cc1F)N[C@H]1C[C@@H]2CC[C@@H]1C2. The summed E-state index contributed by atoms with van der Waals surface area (Å²) >= 11 is 5.69. The lowest BCUT2D eigenvalue weighted by atomic mass is 9.95. The van der Waals surface area contributed by atoms with Crippen molar-refractivity contribution in [1.29, 1.82) is 0 Å². The number of carbonyl (C=O) groups is 1. The van der Waals surface area contributed by atoms with Crippen molar-refractivity contribution in [3.63, 3.8) is 0 Å². The minimum absolute atomic E-state index is 0.0845. The first kappa shape index (κ1) is 12.9. The van der Waals surface area contributed by atoms with Gasteiger partial charge in [0.05, 0.1) is 6.42 Å². The van der Waals surface area contributed by atoms with Crippen LogP contribution in [0.3, 0.4) is 0 Å². The summed E-state index contributed by atoms with van der Waals surface area (Å²) in [4.78, 5) is 12.0. The van der Waals surface area contributed by atoms with Crippen LogP contribution in [0, 0.1) is 17.7 Å². The van der Waals surface area contributed by atoms with Crippen molar-refractivity contribution >= 4 is 17.5 Å². The van der Waals surface area contributed by atoms with E-state index in [0.29, 0.717) is 22.5 Å². The summed E-state index contributed by atoms with van der Waals surface area (Å²) in [5.74, 6) is 0.945. The number of amides is 1. The van der Waals surface area contributed by atoms with E-state index in [-0.39, 0.29) is 12.3 Å². The molecule has 1 N–H and O–H groups in total. The zero-order valence-electron chi connectivity index (χ0n) is 10.7. The average Bonchev–Trinajstić information content (AvgIpc) is 2.95. The van der Waals surface area contributed by atoms with Crippen LogP contribution >= 0.6 is 11.6 Å². The Morgan fingerprint density at radius 3 is 2.84 bits per heavy atom. The Balaban J connectivity index is 1.59. The molecule has 0 aromatic heterocycles. The molecule has 2 fully saturated rings. The molecule has 3 rings (SSSR count). The Morgan fingerprint density at radius 1 is 1.37 bits per heavy atom. The molecule has 1 amide bonds. The molecular formula is C15H17ClFNO. The Bertz CT molecular complexity index is 505. The van der Waals surface area contributed by atoms with E-state index in [4.69, 9.17) is 11.6 Å². The molecule has 1 aromatic carbocycles. The van der Waals surface area contributed by atoms with Crippen molar-refractivity contribution in [2.24, 2.45) is 11.8 Å². The van der Waals surface area contributed by atoms with E-state index < -0.39 is 5.82 Å². The second-order valence-corrected chi connectivity index (χ2v) is 6.20. The summed E-state index contributed by atoms with van der Waals surface area (Å²) in [5.41, 5.74) is 0.407. The summed E-state index contributed by atoms with van der Waals surface area (Å²) in [6.07, 6.45) is 4.98. The van der Waals surface area contributed by atoms with E-state index >= 15 is 0 Å². The second-order valence-electron chi connectivity index (χ2n) is 5.76. The van der Waals surface area contributed by atoms with Gasteiger partial charge in [-0.05, 0) is 48.8 Å². The molecule has 2 bridgehead atoms. The van der Waals surface area contributed by atoms with Gasteiger partial charge in [-0.1, -0.05) is 24.1 Å². The maximum Gasteiger partial charge on any atom is 0.224 e. The van der Waals surface area contributed by atoms with Crippen molar-refractivity contribution in [3.8, 4) is 0 Å². The molecule has 2 nitrogen and oxygen atoms in total. The Labute approximate surface area is 117 Å². The van der Waals surface area contributed by atoms with Gasteiger partial charge >= 0.3 is 0 Å². The van der Waals surface area contributed by atoms with Crippen molar-refractivity contribution in [1.82, 2.24) is 5.32 Å². The zero-order valence-corrected chi connectivity index (χ0v) is 11.4. The van der Waals surface area contributed by atoms with Crippen LogP contribution < -0.4 is 5.32 Å². The Hall–Kier alpha value is -1.09. The van der Waals surface area contributed by atoms with Crippen molar-refractivity contribution in [3.05, 3.63) is 34.6 Å². The molecule has 1 aromatic rings. The largest absolute Gasteiger partial charge is 0.353 e. The lowest BCUT2D eigenvalue weighted by Gasteiger charge is -2.22. The first-order chi connectivity index (χ1) is 9.11. The number of halogens is 2. The molecule has 102 valence electrons. The summed E-state index contributed by atoms with van der Waals surface area (Å²) in [7, 11) is 0. The summed E-state index contributed by atoms with van der Waals surface area (Å²) in [5, 5.41) is 3.42. The predicted octanol–water partition coefficient (Wildman–Crippen LogP) is 3.33. The number of hydrogen-bond acceptors (Lipinski definition) is 1. The molecule has 3 atom stereocenters. The number of fused-ring (bicyclic) bond motifs is 2. The standard InChI is InChI=1S/C15H17ClFNO/c16-12-4-3-10(13(17)8-12)7-15(19)18-14-6-9-1-2-11(14)5-9/h3-4,8-9,11,14H,1-2,5-7H2,(H,18,19)/t9-,11-,14+/m1/s1. The van der Waals surface area contributed by atoms with E-state index in [1.54, 1.807) is 12.1 Å². The average molecular weight is 282 g/mol. The quantitative estimate of drug-likeness (QED) is 0.905. The fraction of sp³-hybridized carbons (Fsp3) is 0.533. The van der Waals surface area contributed by atoms with Gasteiger partial charge in [0.15, 0.2) is 0 Å². The molecule has 0 saturated heterocycles. The third kappa shape index (κ3) is 2.76. The molecule has 0 spiro atoms. The fourth-order valence-electron chi connectivity index (χ4n) is 3.52. The molecular weight excluding hydrogens is 265 g/mol. The molecule has 4 heteroatoms. The Morgan fingerprint density at radius 2 is 2.21 bits per heavy atom. The van der Waals surface area contributed by atoms with Crippen LogP contribution in [0.4, 0.5) is 4.39 Å². The molecule has 2 saturated carbocycles. The highest BCUT2D eigenvalue weighted by molar-refractivity contribution is 6.30. The molecule has 0 unspecified atom stereocenters. The van der Waals surface area contributed by atoms with Gasteiger partial charge in [0.1, 0.15) is 5.82 Å². The van der Waals surface area contributed by atoms with E-state index in [0.717, 1.165) is 12.3 Å². The number of nitrogens with one attached hydrogen (secondary N) is 1. The van der Waals surface area contributed by atoms with Gasteiger partial charge in [-0.3, -0.25) is 4.79 Å². The van der Waals surface area contributed by atoms with Gasteiger partial charge in [0.2, 0.25) is 5.91 Å². The van der Waals surface area contributed by atoms with Crippen LogP contribution in [0.1, 0.15) is 31.2 Å². The third-order valence-electron chi connectivity index (χ3n) is 4.45. The third-order valence-corrected chi connectivity index (χ3v) is 4.69. The van der Waals surface area contributed by atoms with Crippen LogP contribution in [0.2, 0.25) is 5.02 Å². The van der Waals surface area contributed by atoms with Gasteiger partial charge in [-0.15, -0.1) is 0 Å². The van der Waals surface area contributed by atoms with Gasteiger partial charge in [-0.25, -0.2) is 4.39 Å². The maximum atomic E-state index is 13.6. The van der Waals surface area contributed by atoms with Gasteiger partial charge in [-0.2, -0.15) is 0 Å². The molecule has 2 aliphatic rings. The van der Waals surface area contributed by atoms with Gasteiger partial charge < -0.3 is 5.32 Å². The number of benzene rings is 1. The highest BCUT2D eigenvalue weighted by Gasteiger charge is 2.39. The number of carbonyl (C=O) groups excluding carboxylic acids is 1. The lowest BCUT2D eigenvalue weighted by molar-refractivity contribution is -0.121. The second kappa shape index (κ2) is 5.12. The van der Waals surface area contributed by atoms with Crippen molar-refractivity contribution < 1.29 is 9.18 Å². The van der Waals surface area contributed by atoms with Gasteiger partial charge in [0, 0.05) is 11.1 Å². The van der Waals surface area contributed by atoms with Crippen LogP contribution in [0.5, 0.6) is 0 Å². The van der Waals surface area contributed by atoms with Crippen molar-refractivity contribution in [2.45, 2.75) is 38.1 Å². The number of rotatable bonds is 3. The van der Waals surface area contributed by atoms with Gasteiger partial charge in [0.25, 0.3) is 0 Å². The van der Waals surface area contributed by atoms with E-state index in [1.165, 1.54) is 25.3 Å². The zero-order chi connectivity index (χ0) is 13.4. The molecule has 0 heterocycles. The molecule has 19 heavy (non-hydrogen) atoms. The molecule has 0 radical (unpaired) electrons. The smallest absolute Gasteiger partial charge is 0.224 e. The van der Waals surface area contributed by atoms with Crippen LogP contribution in [0.25, 0.3) is 0 Å². The topological polar surface area (TPSA) is 29.1 Å². The van der Waals surface area contributed by atoms with E-state index in [1.807, 2.05) is 0 Å². The minimum atomic E-state index is -0.407.